The number of nitrogens with one attached hydrogen (secondary N) is 1. The first-order chi connectivity index (χ1) is 6.81. The molecular weight excluding hydrogens is 261 g/mol. The fraction of sp³-hybridized carbons (Fsp3) is 0.0909. The Morgan fingerprint density at radius 3 is 3.07 bits per heavy atom. The Kier molecular flexibility index (Phi) is 2.81. The summed E-state index contributed by atoms with van der Waals surface area (Å²) >= 11 is 9.31. The molecule has 3 heteroatoms. The number of H-pyrrole nitrogens is 1. The van der Waals surface area contributed by atoms with Crippen molar-refractivity contribution in [2.45, 2.75) is 0 Å². The van der Waals surface area contributed by atoms with Gasteiger partial charge in [-0.15, -0.1) is 0 Å². The number of rotatable bonds is 0. The molecule has 0 saturated carbocycles. The molecule has 1 N–H and O–H groups in total. The normalized spacial score (nSPS) is 9.86. The molecule has 2 rings (SSSR count). The number of fused-ring (bicyclic) bond motifs is 1. The van der Waals surface area contributed by atoms with Crippen LogP contribution in [-0.2, 0) is 0 Å². The molecule has 1 aromatic carbocycles. The maximum Gasteiger partial charge on any atom is 0.0649 e. The van der Waals surface area contributed by atoms with Gasteiger partial charge in [0.25, 0.3) is 0 Å². The average molecular weight is 269 g/mol. The molecule has 0 amide bonds. The van der Waals surface area contributed by atoms with E-state index in [0.717, 1.165) is 16.5 Å². The van der Waals surface area contributed by atoms with E-state index in [1.54, 1.807) is 0 Å². The number of aromatic nitrogens is 1. The topological polar surface area (TPSA) is 15.8 Å². The first-order valence-corrected chi connectivity index (χ1v) is 5.62. The number of halogens is 2. The Balaban J connectivity index is 2.59. The highest BCUT2D eigenvalue weighted by molar-refractivity contribution is 9.09. The molecule has 0 atom stereocenters. The van der Waals surface area contributed by atoms with Crippen molar-refractivity contribution in [1.29, 1.82) is 0 Å². The first kappa shape index (κ1) is 9.64. The van der Waals surface area contributed by atoms with Gasteiger partial charge in [-0.3, -0.25) is 0 Å². The number of hydrogen-bond acceptors (Lipinski definition) is 0. The van der Waals surface area contributed by atoms with Crippen molar-refractivity contribution in [2.75, 3.05) is 5.33 Å². The maximum atomic E-state index is 6.06. The van der Waals surface area contributed by atoms with Gasteiger partial charge in [-0.25, -0.2) is 0 Å². The second-order valence-electron chi connectivity index (χ2n) is 2.83. The second kappa shape index (κ2) is 4.08. The molecule has 0 radical (unpaired) electrons. The summed E-state index contributed by atoms with van der Waals surface area (Å²) < 4.78 is 0. The Hall–Kier alpha value is -0.910. The summed E-state index contributed by atoms with van der Waals surface area (Å²) in [6.07, 6.45) is 1.89. The fourth-order valence-corrected chi connectivity index (χ4v) is 1.65. The second-order valence-corrected chi connectivity index (χ2v) is 3.80. The Morgan fingerprint density at radius 1 is 1.43 bits per heavy atom. The van der Waals surface area contributed by atoms with Gasteiger partial charge in [0, 0.05) is 22.7 Å². The zero-order valence-electron chi connectivity index (χ0n) is 7.27. The summed E-state index contributed by atoms with van der Waals surface area (Å²) in [4.78, 5) is 3.10. The zero-order valence-corrected chi connectivity index (χ0v) is 9.61. The third-order valence-corrected chi connectivity index (χ3v) is 2.52. The molecule has 1 aromatic heterocycles. The summed E-state index contributed by atoms with van der Waals surface area (Å²) in [5.74, 6) is 5.94. The van der Waals surface area contributed by atoms with E-state index in [1.165, 1.54) is 0 Å². The van der Waals surface area contributed by atoms with Crippen molar-refractivity contribution in [3.05, 3.63) is 35.0 Å². The summed E-state index contributed by atoms with van der Waals surface area (Å²) in [6, 6.07) is 5.89. The lowest BCUT2D eigenvalue weighted by atomic mass is 10.1. The highest BCUT2D eigenvalue weighted by atomic mass is 79.9. The van der Waals surface area contributed by atoms with Gasteiger partial charge in [-0.05, 0) is 18.2 Å². The van der Waals surface area contributed by atoms with Crippen LogP contribution in [0.25, 0.3) is 10.9 Å². The number of hydrogen-bond donors (Lipinski definition) is 1. The number of alkyl halides is 1. The van der Waals surface area contributed by atoms with Crippen LogP contribution in [-0.4, -0.2) is 10.3 Å². The highest BCUT2D eigenvalue weighted by Crippen LogP contribution is 2.22. The molecule has 1 heterocycles. The molecule has 70 valence electrons. The third kappa shape index (κ3) is 1.79. The molecule has 0 aliphatic rings. The van der Waals surface area contributed by atoms with Crippen molar-refractivity contribution in [3.8, 4) is 11.8 Å². The van der Waals surface area contributed by atoms with Crippen LogP contribution < -0.4 is 0 Å². The van der Waals surface area contributed by atoms with E-state index in [4.69, 9.17) is 11.6 Å². The van der Waals surface area contributed by atoms with Crippen LogP contribution in [0.5, 0.6) is 0 Å². The van der Waals surface area contributed by atoms with Crippen molar-refractivity contribution < 1.29 is 0 Å². The van der Waals surface area contributed by atoms with E-state index < -0.39 is 0 Å². The van der Waals surface area contributed by atoms with Crippen LogP contribution in [0.3, 0.4) is 0 Å². The molecule has 14 heavy (non-hydrogen) atoms. The monoisotopic (exact) mass is 267 g/mol. The average Bonchev–Trinajstić information content (AvgIpc) is 2.61. The lowest BCUT2D eigenvalue weighted by Crippen LogP contribution is -1.78. The number of aromatic amines is 1. The Bertz CT molecular complexity index is 519. The summed E-state index contributed by atoms with van der Waals surface area (Å²) in [6.45, 7) is 0. The third-order valence-electron chi connectivity index (χ3n) is 1.93. The van der Waals surface area contributed by atoms with E-state index in [-0.39, 0.29) is 0 Å². The van der Waals surface area contributed by atoms with Gasteiger partial charge in [0.2, 0.25) is 0 Å². The predicted octanol–water partition coefficient (Wildman–Crippen LogP) is 3.57. The Labute approximate surface area is 95.6 Å². The maximum absolute atomic E-state index is 6.06. The molecule has 0 aliphatic carbocycles. The first-order valence-electron chi connectivity index (χ1n) is 4.13. The lowest BCUT2D eigenvalue weighted by Gasteiger charge is -1.96. The van der Waals surface area contributed by atoms with E-state index in [0.29, 0.717) is 10.4 Å². The lowest BCUT2D eigenvalue weighted by molar-refractivity contribution is 1.48. The largest absolute Gasteiger partial charge is 0.361 e. The summed E-state index contributed by atoms with van der Waals surface area (Å²) in [5.41, 5.74) is 1.91. The van der Waals surface area contributed by atoms with E-state index >= 15 is 0 Å². The predicted molar refractivity (Wildman–Crippen MR) is 64.0 cm³/mol. The minimum Gasteiger partial charge on any atom is -0.361 e. The molecule has 0 spiro atoms. The van der Waals surface area contributed by atoms with Crippen LogP contribution in [0.4, 0.5) is 0 Å². The minimum atomic E-state index is 0.661. The van der Waals surface area contributed by atoms with Gasteiger partial charge < -0.3 is 4.98 Å². The highest BCUT2D eigenvalue weighted by Gasteiger charge is 2.00. The van der Waals surface area contributed by atoms with Crippen molar-refractivity contribution in [1.82, 2.24) is 4.98 Å². The molecule has 1 nitrogen and oxygen atoms in total. The van der Waals surface area contributed by atoms with Gasteiger partial charge >= 0.3 is 0 Å². The van der Waals surface area contributed by atoms with Gasteiger partial charge in [-0.1, -0.05) is 39.4 Å². The molecule has 0 fully saturated rings. The van der Waals surface area contributed by atoms with Crippen LogP contribution in [0.15, 0.2) is 24.4 Å². The van der Waals surface area contributed by atoms with Crippen molar-refractivity contribution in [2.24, 2.45) is 0 Å². The van der Waals surface area contributed by atoms with Crippen molar-refractivity contribution in [3.63, 3.8) is 0 Å². The fourth-order valence-electron chi connectivity index (χ4n) is 1.30. The number of benzene rings is 1. The molecule has 0 unspecified atom stereocenters. The van der Waals surface area contributed by atoms with E-state index in [9.17, 15) is 0 Å². The van der Waals surface area contributed by atoms with Crippen LogP contribution >= 0.6 is 27.5 Å². The van der Waals surface area contributed by atoms with E-state index in [1.807, 2.05) is 24.4 Å². The standard InChI is InChI=1S/C11H7BrClN/c12-4-1-2-8-6-9-3-5-14-11(9)7-10(8)13/h3,5-7,14H,4H2. The van der Waals surface area contributed by atoms with Gasteiger partial charge in [0.05, 0.1) is 10.4 Å². The molecule has 2 aromatic rings. The molecular formula is C11H7BrClN. The van der Waals surface area contributed by atoms with Gasteiger partial charge in [0.1, 0.15) is 0 Å². The quantitative estimate of drug-likeness (QED) is 0.555. The van der Waals surface area contributed by atoms with Crippen LogP contribution in [0.1, 0.15) is 5.56 Å². The SMILES string of the molecule is Clc1cc2[nH]ccc2cc1C#CCBr. The minimum absolute atomic E-state index is 0.661. The summed E-state index contributed by atoms with van der Waals surface area (Å²) in [5, 5.41) is 2.48. The molecule has 0 saturated heterocycles. The zero-order chi connectivity index (χ0) is 9.97. The molecule has 0 aliphatic heterocycles. The van der Waals surface area contributed by atoms with Gasteiger partial charge in [-0.2, -0.15) is 0 Å². The van der Waals surface area contributed by atoms with Crippen LogP contribution in [0.2, 0.25) is 5.02 Å². The van der Waals surface area contributed by atoms with Crippen molar-refractivity contribution >= 4 is 38.4 Å². The van der Waals surface area contributed by atoms with E-state index in [2.05, 4.69) is 32.8 Å². The Morgan fingerprint density at radius 2 is 2.29 bits per heavy atom. The summed E-state index contributed by atoms with van der Waals surface area (Å²) in [7, 11) is 0. The van der Waals surface area contributed by atoms with Crippen LogP contribution in [0, 0.1) is 11.8 Å². The van der Waals surface area contributed by atoms with Gasteiger partial charge in [0.15, 0.2) is 0 Å². The smallest absolute Gasteiger partial charge is 0.0649 e. The molecule has 0 bridgehead atoms.